The number of carbonyl (C=O) groups excluding carboxylic acids is 1. The summed E-state index contributed by atoms with van der Waals surface area (Å²) in [5.41, 5.74) is 6.56. The average molecular weight is 385 g/mol. The second-order valence-corrected chi connectivity index (χ2v) is 7.04. The van der Waals surface area contributed by atoms with Crippen molar-refractivity contribution in [1.82, 2.24) is 15.5 Å². The average Bonchev–Trinajstić information content (AvgIpc) is 3.07. The van der Waals surface area contributed by atoms with Crippen molar-refractivity contribution in [2.75, 3.05) is 13.2 Å². The summed E-state index contributed by atoms with van der Waals surface area (Å²) in [6.45, 7) is 2.74. The number of hydrogen-bond donors (Lipinski definition) is 1. The van der Waals surface area contributed by atoms with Crippen LogP contribution in [0.3, 0.4) is 0 Å². The molecule has 0 bridgehead atoms. The molecule has 3 aromatic rings. The van der Waals surface area contributed by atoms with Gasteiger partial charge in [0.05, 0.1) is 11.4 Å². The van der Waals surface area contributed by atoms with E-state index >= 15 is 0 Å². The number of fused-ring (bicyclic) bond motifs is 3. The number of carbonyl (C=O) groups is 1. The molecular formula is C24H23N3O2. The lowest BCUT2D eigenvalue weighted by atomic mass is 9.98. The van der Waals surface area contributed by atoms with E-state index in [9.17, 15) is 4.79 Å². The van der Waals surface area contributed by atoms with Gasteiger partial charge < -0.3 is 10.1 Å². The first kappa shape index (κ1) is 18.9. The summed E-state index contributed by atoms with van der Waals surface area (Å²) >= 11 is 0. The molecule has 2 aromatic carbocycles. The first-order chi connectivity index (χ1) is 14.2. The number of alkyl carbamates (subject to hydrolysis) is 1. The van der Waals surface area contributed by atoms with Crippen molar-refractivity contribution in [1.29, 1.82) is 0 Å². The van der Waals surface area contributed by atoms with Crippen LogP contribution in [-0.2, 0) is 4.74 Å². The fourth-order valence-corrected chi connectivity index (χ4v) is 3.61. The van der Waals surface area contributed by atoms with Gasteiger partial charge in [-0.05, 0) is 53.8 Å². The highest BCUT2D eigenvalue weighted by molar-refractivity contribution is 5.79. The van der Waals surface area contributed by atoms with Gasteiger partial charge in [0.15, 0.2) is 0 Å². The lowest BCUT2D eigenvalue weighted by Crippen LogP contribution is -2.26. The molecule has 29 heavy (non-hydrogen) atoms. The fourth-order valence-electron chi connectivity index (χ4n) is 3.61. The number of aromatic nitrogens is 2. The molecule has 1 aliphatic carbocycles. The third kappa shape index (κ3) is 4.35. The van der Waals surface area contributed by atoms with E-state index in [2.05, 4.69) is 39.8 Å². The maximum absolute atomic E-state index is 12.1. The number of hydrogen-bond acceptors (Lipinski definition) is 4. The van der Waals surface area contributed by atoms with E-state index in [4.69, 9.17) is 4.74 Å². The van der Waals surface area contributed by atoms with Gasteiger partial charge in [-0.25, -0.2) is 4.79 Å². The van der Waals surface area contributed by atoms with Gasteiger partial charge in [-0.2, -0.15) is 10.2 Å². The largest absolute Gasteiger partial charge is 0.449 e. The summed E-state index contributed by atoms with van der Waals surface area (Å²) in [4.78, 5) is 12.1. The molecule has 1 amide bonds. The Kier molecular flexibility index (Phi) is 5.66. The van der Waals surface area contributed by atoms with E-state index in [0.29, 0.717) is 19.6 Å². The Morgan fingerprint density at radius 2 is 1.69 bits per heavy atom. The molecule has 5 nitrogen and oxygen atoms in total. The number of benzene rings is 2. The molecular weight excluding hydrogens is 362 g/mol. The zero-order valence-corrected chi connectivity index (χ0v) is 16.3. The molecule has 1 aromatic heterocycles. The Hall–Kier alpha value is -3.47. The summed E-state index contributed by atoms with van der Waals surface area (Å²) in [7, 11) is 0. The van der Waals surface area contributed by atoms with E-state index in [0.717, 1.165) is 11.4 Å². The number of rotatable bonds is 6. The summed E-state index contributed by atoms with van der Waals surface area (Å²) < 4.78 is 5.52. The molecule has 4 rings (SSSR count). The van der Waals surface area contributed by atoms with Crippen LogP contribution in [-0.4, -0.2) is 29.4 Å². The molecule has 0 saturated carbocycles. The Labute approximate surface area is 170 Å². The van der Waals surface area contributed by atoms with E-state index in [1.807, 2.05) is 55.5 Å². The number of nitrogens with one attached hydrogen (secondary N) is 1. The first-order valence-corrected chi connectivity index (χ1v) is 9.78. The van der Waals surface area contributed by atoms with Crippen molar-refractivity contribution in [2.45, 2.75) is 19.3 Å². The first-order valence-electron chi connectivity index (χ1n) is 9.78. The van der Waals surface area contributed by atoms with Crippen molar-refractivity contribution in [3.63, 3.8) is 0 Å². The Balaban J connectivity index is 1.27. The molecule has 0 aliphatic heterocycles. The number of nitrogens with zero attached hydrogens (tertiary/aromatic N) is 2. The maximum Gasteiger partial charge on any atom is 0.407 e. The second-order valence-electron chi connectivity index (χ2n) is 7.04. The van der Waals surface area contributed by atoms with E-state index in [1.54, 1.807) is 0 Å². The van der Waals surface area contributed by atoms with Crippen LogP contribution in [0, 0.1) is 6.92 Å². The van der Waals surface area contributed by atoms with Gasteiger partial charge in [-0.15, -0.1) is 0 Å². The normalized spacial score (nSPS) is 12.6. The van der Waals surface area contributed by atoms with Crippen molar-refractivity contribution in [3.8, 4) is 11.1 Å². The van der Waals surface area contributed by atoms with E-state index in [-0.39, 0.29) is 5.92 Å². The molecule has 0 radical (unpaired) electrons. The maximum atomic E-state index is 12.1. The summed E-state index contributed by atoms with van der Waals surface area (Å²) in [6.07, 6.45) is 4.16. The van der Waals surface area contributed by atoms with Gasteiger partial charge in [0.1, 0.15) is 6.61 Å². The Morgan fingerprint density at radius 3 is 2.34 bits per heavy atom. The Bertz CT molecular complexity index is 983. The van der Waals surface area contributed by atoms with Crippen LogP contribution >= 0.6 is 0 Å². The van der Waals surface area contributed by atoms with Gasteiger partial charge in [0, 0.05) is 12.5 Å². The molecule has 5 heteroatoms. The lowest BCUT2D eigenvalue weighted by Gasteiger charge is -2.14. The van der Waals surface area contributed by atoms with E-state index in [1.165, 1.54) is 22.3 Å². The minimum absolute atomic E-state index is 0.0770. The highest BCUT2D eigenvalue weighted by atomic mass is 16.5. The van der Waals surface area contributed by atoms with Crippen molar-refractivity contribution < 1.29 is 9.53 Å². The van der Waals surface area contributed by atoms with Crippen LogP contribution in [0.15, 0.2) is 66.7 Å². The molecule has 1 N–H and O–H groups in total. The van der Waals surface area contributed by atoms with Crippen molar-refractivity contribution >= 4 is 12.2 Å². The molecule has 1 heterocycles. The summed E-state index contributed by atoms with van der Waals surface area (Å²) in [5, 5.41) is 10.9. The van der Waals surface area contributed by atoms with Crippen LogP contribution in [0.25, 0.3) is 17.2 Å². The molecule has 146 valence electrons. The predicted molar refractivity (Wildman–Crippen MR) is 113 cm³/mol. The highest BCUT2D eigenvalue weighted by Crippen LogP contribution is 2.44. The fraction of sp³-hybridized carbons (Fsp3) is 0.208. The monoisotopic (exact) mass is 385 g/mol. The minimum Gasteiger partial charge on any atom is -0.449 e. The van der Waals surface area contributed by atoms with Crippen LogP contribution in [0.5, 0.6) is 0 Å². The van der Waals surface area contributed by atoms with Gasteiger partial charge >= 0.3 is 6.09 Å². The standard InChI is InChI=1S/C24H23N3O2/c1-17-13-14-18(27-26-17)8-6-7-15-25-24(28)29-16-23-21-11-4-2-9-19(21)20-10-3-5-12-22(20)23/h2-6,8-14,23H,7,15-16H2,1H3,(H,25,28). The third-order valence-electron chi connectivity index (χ3n) is 5.03. The highest BCUT2D eigenvalue weighted by Gasteiger charge is 2.28. The molecule has 0 unspecified atom stereocenters. The smallest absolute Gasteiger partial charge is 0.407 e. The Morgan fingerprint density at radius 1 is 1.00 bits per heavy atom. The topological polar surface area (TPSA) is 64.1 Å². The minimum atomic E-state index is -0.393. The molecule has 1 aliphatic rings. The third-order valence-corrected chi connectivity index (χ3v) is 5.03. The summed E-state index contributed by atoms with van der Waals surface area (Å²) in [5.74, 6) is 0.0770. The molecule has 0 fully saturated rings. The molecule has 0 saturated heterocycles. The van der Waals surface area contributed by atoms with Crippen LogP contribution in [0.2, 0.25) is 0 Å². The predicted octanol–water partition coefficient (Wildman–Crippen LogP) is 4.73. The zero-order valence-electron chi connectivity index (χ0n) is 16.3. The molecule has 0 spiro atoms. The van der Waals surface area contributed by atoms with Crippen molar-refractivity contribution in [2.24, 2.45) is 0 Å². The summed E-state index contributed by atoms with van der Waals surface area (Å²) in [6, 6.07) is 20.4. The van der Waals surface area contributed by atoms with Gasteiger partial charge in [0.25, 0.3) is 0 Å². The number of aryl methyl sites for hydroxylation is 1. The quantitative estimate of drug-likeness (QED) is 0.623. The van der Waals surface area contributed by atoms with Crippen LogP contribution in [0.4, 0.5) is 4.79 Å². The van der Waals surface area contributed by atoms with E-state index < -0.39 is 6.09 Å². The van der Waals surface area contributed by atoms with Crippen LogP contribution in [0.1, 0.15) is 34.9 Å². The SMILES string of the molecule is Cc1ccc(C=CCCNC(=O)OCC2c3ccccc3-c3ccccc32)nn1. The lowest BCUT2D eigenvalue weighted by molar-refractivity contribution is 0.143. The second kappa shape index (κ2) is 8.69. The number of amides is 1. The van der Waals surface area contributed by atoms with Gasteiger partial charge in [-0.1, -0.05) is 54.6 Å². The van der Waals surface area contributed by atoms with Gasteiger partial charge in [0.2, 0.25) is 0 Å². The number of ether oxygens (including phenoxy) is 1. The van der Waals surface area contributed by atoms with Gasteiger partial charge in [-0.3, -0.25) is 0 Å². The molecule has 0 atom stereocenters. The van der Waals surface area contributed by atoms with Crippen molar-refractivity contribution in [3.05, 3.63) is 89.3 Å². The zero-order chi connectivity index (χ0) is 20.1. The van der Waals surface area contributed by atoms with Crippen LogP contribution < -0.4 is 5.32 Å².